The summed E-state index contributed by atoms with van der Waals surface area (Å²) in [5.74, 6) is 0.929. The number of nitrogens with zero attached hydrogens (tertiary/aromatic N) is 3. The van der Waals surface area contributed by atoms with Gasteiger partial charge in [0.15, 0.2) is 6.61 Å². The molecule has 0 aliphatic carbocycles. The van der Waals surface area contributed by atoms with Crippen LogP contribution in [0.3, 0.4) is 0 Å². The molecule has 6 heteroatoms. The molecule has 3 rings (SSSR count). The smallest absolute Gasteiger partial charge is 0.408 e. The maximum absolute atomic E-state index is 12.3. The molecule has 178 valence electrons. The number of pyridine rings is 1. The van der Waals surface area contributed by atoms with Gasteiger partial charge in [-0.2, -0.15) is 5.26 Å². The molecule has 0 atom stereocenters. The molecule has 1 heterocycles. The lowest BCUT2D eigenvalue weighted by atomic mass is 9.90. The van der Waals surface area contributed by atoms with E-state index >= 15 is 0 Å². The predicted octanol–water partition coefficient (Wildman–Crippen LogP) is 6.59. The highest BCUT2D eigenvalue weighted by molar-refractivity contribution is 5.97. The number of aromatic nitrogens is 1. The van der Waals surface area contributed by atoms with Gasteiger partial charge in [-0.15, -0.1) is 0 Å². The Labute approximate surface area is 201 Å². The molecule has 0 fully saturated rings. The van der Waals surface area contributed by atoms with E-state index in [2.05, 4.69) is 38.1 Å². The monoisotopic (exact) mass is 459 g/mol. The average Bonchev–Trinajstić information content (AvgIpc) is 2.75. The summed E-state index contributed by atoms with van der Waals surface area (Å²) in [6, 6.07) is 15.9. The minimum Gasteiger partial charge on any atom is -0.479 e. The number of hydrogen-bond acceptors (Lipinski definition) is 4. The van der Waals surface area contributed by atoms with E-state index in [4.69, 9.17) is 15.0 Å². The van der Waals surface area contributed by atoms with E-state index in [-0.39, 0.29) is 13.2 Å². The standard InChI is InChI=1S/C28H33N3O3/c1-18(2)15-25-23(17-31(27(32)33)28(4,5)6)26(20-9-7-19(3)8-10-20)22-16-21(34-14-13-29)11-12-24(22)30-25/h7-12,16,18H,14-15,17H2,1-6H3,(H,32,33). The molecule has 3 aromatic rings. The Balaban J connectivity index is 2.38. The molecule has 0 radical (unpaired) electrons. The first kappa shape index (κ1) is 25.0. The Morgan fingerprint density at radius 1 is 1.18 bits per heavy atom. The molecule has 0 saturated carbocycles. The zero-order valence-electron chi connectivity index (χ0n) is 20.8. The lowest BCUT2D eigenvalue weighted by Crippen LogP contribution is -2.44. The van der Waals surface area contributed by atoms with Gasteiger partial charge in [-0.3, -0.25) is 9.88 Å². The first-order chi connectivity index (χ1) is 16.0. The van der Waals surface area contributed by atoms with Gasteiger partial charge < -0.3 is 9.84 Å². The molecular weight excluding hydrogens is 426 g/mol. The Morgan fingerprint density at radius 2 is 1.85 bits per heavy atom. The van der Waals surface area contributed by atoms with Crippen molar-refractivity contribution < 1.29 is 14.6 Å². The van der Waals surface area contributed by atoms with E-state index in [1.807, 2.05) is 52.0 Å². The van der Waals surface area contributed by atoms with Gasteiger partial charge in [-0.1, -0.05) is 43.7 Å². The number of carbonyl (C=O) groups is 1. The van der Waals surface area contributed by atoms with Crippen molar-refractivity contribution in [1.29, 1.82) is 5.26 Å². The summed E-state index contributed by atoms with van der Waals surface area (Å²) in [4.78, 5) is 18.7. The molecule has 0 aliphatic heterocycles. The Hall–Kier alpha value is -3.59. The fourth-order valence-corrected chi connectivity index (χ4v) is 4.06. The highest BCUT2D eigenvalue weighted by Gasteiger charge is 2.29. The van der Waals surface area contributed by atoms with Crippen LogP contribution < -0.4 is 4.74 Å². The molecule has 6 nitrogen and oxygen atoms in total. The van der Waals surface area contributed by atoms with Gasteiger partial charge in [0.2, 0.25) is 0 Å². The molecule has 1 N–H and O–H groups in total. The number of amides is 1. The third kappa shape index (κ3) is 5.66. The van der Waals surface area contributed by atoms with Gasteiger partial charge in [0.05, 0.1) is 12.1 Å². The number of benzene rings is 2. The largest absolute Gasteiger partial charge is 0.479 e. The van der Waals surface area contributed by atoms with Gasteiger partial charge in [-0.05, 0) is 69.4 Å². The number of rotatable bonds is 7. The number of fused-ring (bicyclic) bond motifs is 1. The second kappa shape index (κ2) is 10.1. The van der Waals surface area contributed by atoms with Crippen LogP contribution in [0.5, 0.6) is 5.75 Å². The molecule has 0 spiro atoms. The van der Waals surface area contributed by atoms with Gasteiger partial charge in [-0.25, -0.2) is 4.79 Å². The van der Waals surface area contributed by atoms with Crippen molar-refractivity contribution in [3.8, 4) is 22.9 Å². The summed E-state index contributed by atoms with van der Waals surface area (Å²) in [6.07, 6.45) is -0.238. The van der Waals surface area contributed by atoms with Crippen LogP contribution in [0.1, 0.15) is 51.4 Å². The summed E-state index contributed by atoms with van der Waals surface area (Å²) in [5.41, 5.74) is 5.13. The molecule has 1 aromatic heterocycles. The predicted molar refractivity (Wildman–Crippen MR) is 135 cm³/mol. The molecular formula is C28H33N3O3. The number of aryl methyl sites for hydroxylation is 1. The van der Waals surface area contributed by atoms with Crippen LogP contribution in [0.15, 0.2) is 42.5 Å². The fourth-order valence-electron chi connectivity index (χ4n) is 4.06. The lowest BCUT2D eigenvalue weighted by Gasteiger charge is -2.34. The normalized spacial score (nSPS) is 11.5. The van der Waals surface area contributed by atoms with E-state index in [0.29, 0.717) is 11.7 Å². The average molecular weight is 460 g/mol. The summed E-state index contributed by atoms with van der Waals surface area (Å²) < 4.78 is 5.59. The quantitative estimate of drug-likeness (QED) is 0.431. The molecule has 0 unspecified atom stereocenters. The van der Waals surface area contributed by atoms with Crippen LogP contribution in [0.25, 0.3) is 22.0 Å². The maximum Gasteiger partial charge on any atom is 0.408 e. The minimum atomic E-state index is -0.968. The van der Waals surface area contributed by atoms with Crippen molar-refractivity contribution in [3.63, 3.8) is 0 Å². The molecule has 0 saturated heterocycles. The Bertz CT molecular complexity index is 1220. The summed E-state index contributed by atoms with van der Waals surface area (Å²) in [6.45, 7) is 12.2. The summed E-state index contributed by atoms with van der Waals surface area (Å²) in [5, 5.41) is 19.9. The topological polar surface area (TPSA) is 86.5 Å². The van der Waals surface area contributed by atoms with Gasteiger partial charge >= 0.3 is 6.09 Å². The maximum atomic E-state index is 12.3. The highest BCUT2D eigenvalue weighted by atomic mass is 16.5. The number of carboxylic acid groups (broad SMARTS) is 1. The summed E-state index contributed by atoms with van der Waals surface area (Å²) in [7, 11) is 0. The molecule has 0 aliphatic rings. The molecule has 2 aromatic carbocycles. The third-order valence-corrected chi connectivity index (χ3v) is 5.74. The van der Waals surface area contributed by atoms with Crippen LogP contribution in [-0.2, 0) is 13.0 Å². The van der Waals surface area contributed by atoms with Crippen LogP contribution in [0, 0.1) is 24.2 Å². The van der Waals surface area contributed by atoms with Gasteiger partial charge in [0.1, 0.15) is 11.8 Å². The van der Waals surface area contributed by atoms with Crippen molar-refractivity contribution in [3.05, 3.63) is 59.3 Å². The Morgan fingerprint density at radius 3 is 2.41 bits per heavy atom. The van der Waals surface area contributed by atoms with E-state index in [1.54, 1.807) is 0 Å². The van der Waals surface area contributed by atoms with E-state index in [1.165, 1.54) is 4.90 Å². The van der Waals surface area contributed by atoms with Gasteiger partial charge in [0, 0.05) is 22.2 Å². The zero-order valence-corrected chi connectivity index (χ0v) is 20.8. The first-order valence-corrected chi connectivity index (χ1v) is 11.5. The fraction of sp³-hybridized carbons (Fsp3) is 0.393. The van der Waals surface area contributed by atoms with Crippen molar-refractivity contribution in [2.45, 2.75) is 60.0 Å². The first-order valence-electron chi connectivity index (χ1n) is 11.5. The summed E-state index contributed by atoms with van der Waals surface area (Å²) >= 11 is 0. The van der Waals surface area contributed by atoms with Crippen LogP contribution in [-0.4, -0.2) is 33.2 Å². The second-order valence-electron chi connectivity index (χ2n) is 10.0. The third-order valence-electron chi connectivity index (χ3n) is 5.74. The van der Waals surface area contributed by atoms with Crippen molar-refractivity contribution in [2.24, 2.45) is 5.92 Å². The van der Waals surface area contributed by atoms with Crippen molar-refractivity contribution in [1.82, 2.24) is 9.88 Å². The number of ether oxygens (including phenoxy) is 1. The zero-order chi connectivity index (χ0) is 25.0. The van der Waals surface area contributed by atoms with Crippen LogP contribution >= 0.6 is 0 Å². The van der Waals surface area contributed by atoms with Crippen LogP contribution in [0.4, 0.5) is 4.79 Å². The van der Waals surface area contributed by atoms with Crippen LogP contribution in [0.2, 0.25) is 0 Å². The van der Waals surface area contributed by atoms with E-state index in [9.17, 15) is 9.90 Å². The van der Waals surface area contributed by atoms with E-state index < -0.39 is 11.6 Å². The number of nitriles is 1. The highest BCUT2D eigenvalue weighted by Crippen LogP contribution is 2.37. The van der Waals surface area contributed by atoms with Crippen molar-refractivity contribution in [2.75, 3.05) is 6.61 Å². The van der Waals surface area contributed by atoms with Gasteiger partial charge in [0.25, 0.3) is 0 Å². The molecule has 1 amide bonds. The SMILES string of the molecule is Cc1ccc(-c2c(CN(C(=O)O)C(C)(C)C)c(CC(C)C)nc3ccc(OCC#N)cc23)cc1. The molecule has 34 heavy (non-hydrogen) atoms. The van der Waals surface area contributed by atoms with Crippen molar-refractivity contribution >= 4 is 17.0 Å². The van der Waals surface area contributed by atoms with E-state index in [0.717, 1.165) is 45.3 Å². The lowest BCUT2D eigenvalue weighted by molar-refractivity contribution is 0.0954. The Kier molecular flexibility index (Phi) is 7.46. The molecule has 0 bridgehead atoms. The minimum absolute atomic E-state index is 0.0477. The second-order valence-corrected chi connectivity index (χ2v) is 10.0. The number of hydrogen-bond donors (Lipinski definition) is 1.